The molecule has 1 aliphatic heterocycles. The lowest BCUT2D eigenvalue weighted by atomic mass is 10.0. The summed E-state index contributed by atoms with van der Waals surface area (Å²) < 4.78 is 2.10. The van der Waals surface area contributed by atoms with Crippen molar-refractivity contribution in [1.29, 1.82) is 0 Å². The predicted octanol–water partition coefficient (Wildman–Crippen LogP) is 2.23. The molecule has 2 unspecified atom stereocenters. The highest BCUT2D eigenvalue weighted by Crippen LogP contribution is 2.39. The molecular formula is C19H19N5OS. The summed E-state index contributed by atoms with van der Waals surface area (Å²) in [5, 5.41) is 13.5. The fourth-order valence-electron chi connectivity index (χ4n) is 3.44. The third-order valence-electron chi connectivity index (χ3n) is 4.55. The average Bonchev–Trinajstić information content (AvgIpc) is 3.28. The van der Waals surface area contributed by atoms with E-state index in [4.69, 9.17) is 12.2 Å². The van der Waals surface area contributed by atoms with E-state index in [1.807, 2.05) is 53.7 Å². The molecule has 132 valence electrons. The second kappa shape index (κ2) is 7.23. The van der Waals surface area contributed by atoms with Gasteiger partial charge in [-0.1, -0.05) is 6.07 Å². The highest BCUT2D eigenvalue weighted by Gasteiger charge is 2.40. The molecule has 1 aliphatic rings. The van der Waals surface area contributed by atoms with Crippen molar-refractivity contribution in [3.63, 3.8) is 0 Å². The van der Waals surface area contributed by atoms with Crippen molar-refractivity contribution in [2.75, 3.05) is 13.2 Å². The molecule has 0 bridgehead atoms. The number of pyridine rings is 2. The standard InChI is InChI=1S/C19H19N5OS/c25-12-11-24-18(17(22-19(24)26)15-6-1-2-9-21-15)16-7-4-10-23(16)14-5-3-8-20-13-14/h1-10,13,17-18,25H,11-12H2,(H,22,26). The van der Waals surface area contributed by atoms with Crippen molar-refractivity contribution >= 4 is 17.3 Å². The molecule has 3 aromatic rings. The van der Waals surface area contributed by atoms with Gasteiger partial charge < -0.3 is 19.9 Å². The Bertz CT molecular complexity index is 883. The van der Waals surface area contributed by atoms with Gasteiger partial charge in [-0.25, -0.2) is 0 Å². The van der Waals surface area contributed by atoms with E-state index < -0.39 is 0 Å². The van der Waals surface area contributed by atoms with E-state index in [-0.39, 0.29) is 18.7 Å². The number of hydrogen-bond acceptors (Lipinski definition) is 4. The number of β-amino-alcohol motifs (C(OH)–C–C–N with tert-alkyl or cyclic N) is 1. The Morgan fingerprint density at radius 2 is 2.04 bits per heavy atom. The number of rotatable bonds is 5. The van der Waals surface area contributed by atoms with Gasteiger partial charge in [0, 0.05) is 30.8 Å². The second-order valence-electron chi connectivity index (χ2n) is 6.06. The minimum Gasteiger partial charge on any atom is -0.395 e. The van der Waals surface area contributed by atoms with Gasteiger partial charge in [0.1, 0.15) is 0 Å². The van der Waals surface area contributed by atoms with Crippen LogP contribution in [0, 0.1) is 0 Å². The summed E-state index contributed by atoms with van der Waals surface area (Å²) in [5.41, 5.74) is 2.96. The summed E-state index contributed by atoms with van der Waals surface area (Å²) in [6.45, 7) is 0.485. The molecule has 4 heterocycles. The van der Waals surface area contributed by atoms with Crippen LogP contribution < -0.4 is 5.32 Å². The lowest BCUT2D eigenvalue weighted by Crippen LogP contribution is -2.32. The van der Waals surface area contributed by atoms with Crippen molar-refractivity contribution < 1.29 is 5.11 Å². The van der Waals surface area contributed by atoms with Crippen LogP contribution in [0.4, 0.5) is 0 Å². The summed E-state index contributed by atoms with van der Waals surface area (Å²) in [6.07, 6.45) is 7.39. The number of nitrogens with zero attached hydrogens (tertiary/aromatic N) is 4. The fraction of sp³-hybridized carbons (Fsp3) is 0.211. The Balaban J connectivity index is 1.81. The van der Waals surface area contributed by atoms with Crippen LogP contribution in [-0.2, 0) is 0 Å². The Morgan fingerprint density at radius 1 is 1.12 bits per heavy atom. The van der Waals surface area contributed by atoms with Crippen LogP contribution in [0.1, 0.15) is 23.5 Å². The van der Waals surface area contributed by atoms with Crippen LogP contribution in [-0.4, -0.2) is 42.8 Å². The zero-order valence-electron chi connectivity index (χ0n) is 14.1. The van der Waals surface area contributed by atoms with Gasteiger partial charge in [-0.3, -0.25) is 9.97 Å². The van der Waals surface area contributed by atoms with Gasteiger partial charge in [0.25, 0.3) is 0 Å². The first-order chi connectivity index (χ1) is 12.8. The van der Waals surface area contributed by atoms with Crippen LogP contribution in [0.15, 0.2) is 67.3 Å². The van der Waals surface area contributed by atoms with Crippen LogP contribution in [0.3, 0.4) is 0 Å². The molecule has 1 saturated heterocycles. The monoisotopic (exact) mass is 365 g/mol. The molecule has 6 nitrogen and oxygen atoms in total. The smallest absolute Gasteiger partial charge is 0.170 e. The maximum Gasteiger partial charge on any atom is 0.170 e. The molecule has 4 rings (SSSR count). The molecule has 1 fully saturated rings. The first kappa shape index (κ1) is 16.7. The third kappa shape index (κ3) is 2.95. The van der Waals surface area contributed by atoms with Crippen molar-refractivity contribution in [3.8, 4) is 5.69 Å². The Morgan fingerprint density at radius 3 is 2.77 bits per heavy atom. The van der Waals surface area contributed by atoms with Crippen LogP contribution in [0.5, 0.6) is 0 Å². The predicted molar refractivity (Wildman–Crippen MR) is 103 cm³/mol. The zero-order valence-corrected chi connectivity index (χ0v) is 14.9. The van der Waals surface area contributed by atoms with E-state index in [0.717, 1.165) is 17.1 Å². The number of hydrogen-bond donors (Lipinski definition) is 2. The molecule has 26 heavy (non-hydrogen) atoms. The van der Waals surface area contributed by atoms with Crippen molar-refractivity contribution in [1.82, 2.24) is 24.8 Å². The lowest BCUT2D eigenvalue weighted by Gasteiger charge is -2.28. The Labute approximate surface area is 157 Å². The second-order valence-corrected chi connectivity index (χ2v) is 6.44. The number of aliphatic hydroxyl groups is 1. The van der Waals surface area contributed by atoms with Gasteiger partial charge in [0.05, 0.1) is 36.3 Å². The van der Waals surface area contributed by atoms with E-state index in [1.54, 1.807) is 12.4 Å². The van der Waals surface area contributed by atoms with Crippen LogP contribution >= 0.6 is 12.2 Å². The molecule has 3 aromatic heterocycles. The summed E-state index contributed by atoms with van der Waals surface area (Å²) in [6, 6.07) is 13.7. The highest BCUT2D eigenvalue weighted by atomic mass is 32.1. The van der Waals surface area contributed by atoms with E-state index >= 15 is 0 Å². The molecule has 2 atom stereocenters. The molecule has 0 radical (unpaired) electrons. The van der Waals surface area contributed by atoms with Crippen molar-refractivity contribution in [3.05, 3.63) is 78.6 Å². The number of aliphatic hydroxyl groups excluding tert-OH is 1. The normalized spacial score (nSPS) is 19.6. The SMILES string of the molecule is OCCN1C(=S)NC(c2ccccn2)C1c1cccn1-c1cccnc1. The molecule has 0 spiro atoms. The lowest BCUT2D eigenvalue weighted by molar-refractivity contribution is 0.220. The Hall–Kier alpha value is -2.77. The van der Waals surface area contributed by atoms with E-state index in [1.165, 1.54) is 0 Å². The third-order valence-corrected chi connectivity index (χ3v) is 4.90. The van der Waals surface area contributed by atoms with E-state index in [2.05, 4.69) is 25.9 Å². The van der Waals surface area contributed by atoms with Crippen molar-refractivity contribution in [2.24, 2.45) is 0 Å². The van der Waals surface area contributed by atoms with Crippen molar-refractivity contribution in [2.45, 2.75) is 12.1 Å². The minimum absolute atomic E-state index is 0.0286. The zero-order chi connectivity index (χ0) is 17.9. The minimum atomic E-state index is -0.0967. The van der Waals surface area contributed by atoms with Gasteiger partial charge in [-0.2, -0.15) is 0 Å². The number of aromatic nitrogens is 3. The van der Waals surface area contributed by atoms with E-state index in [0.29, 0.717) is 11.7 Å². The number of nitrogens with one attached hydrogen (secondary N) is 1. The molecule has 0 amide bonds. The van der Waals surface area contributed by atoms with Crippen LogP contribution in [0.25, 0.3) is 5.69 Å². The molecule has 0 saturated carbocycles. The first-order valence-corrected chi connectivity index (χ1v) is 8.87. The number of thiocarbonyl (C=S) groups is 1. The molecule has 0 aliphatic carbocycles. The molecule has 2 N–H and O–H groups in total. The van der Waals surface area contributed by atoms with Gasteiger partial charge in [0.2, 0.25) is 0 Å². The summed E-state index contributed by atoms with van der Waals surface area (Å²) in [4.78, 5) is 10.8. The summed E-state index contributed by atoms with van der Waals surface area (Å²) in [5.74, 6) is 0. The van der Waals surface area contributed by atoms with Gasteiger partial charge in [0.15, 0.2) is 5.11 Å². The Kier molecular flexibility index (Phi) is 4.64. The largest absolute Gasteiger partial charge is 0.395 e. The van der Waals surface area contributed by atoms with E-state index in [9.17, 15) is 5.11 Å². The topological polar surface area (TPSA) is 66.2 Å². The quantitative estimate of drug-likeness (QED) is 0.676. The molecule has 7 heteroatoms. The fourth-order valence-corrected chi connectivity index (χ4v) is 3.77. The molecular weight excluding hydrogens is 346 g/mol. The summed E-state index contributed by atoms with van der Waals surface area (Å²) in [7, 11) is 0. The average molecular weight is 365 g/mol. The maximum atomic E-state index is 9.54. The first-order valence-electron chi connectivity index (χ1n) is 8.46. The van der Waals surface area contributed by atoms with Gasteiger partial charge in [-0.15, -0.1) is 0 Å². The summed E-state index contributed by atoms with van der Waals surface area (Å²) >= 11 is 5.55. The van der Waals surface area contributed by atoms with Crippen LogP contribution in [0.2, 0.25) is 0 Å². The van der Waals surface area contributed by atoms with Gasteiger partial charge >= 0.3 is 0 Å². The maximum absolute atomic E-state index is 9.54. The highest BCUT2D eigenvalue weighted by molar-refractivity contribution is 7.80. The van der Waals surface area contributed by atoms with Gasteiger partial charge in [-0.05, 0) is 48.6 Å². The molecule has 0 aromatic carbocycles.